The van der Waals surface area contributed by atoms with E-state index in [1.165, 1.54) is 26.4 Å². The van der Waals surface area contributed by atoms with E-state index in [1.807, 2.05) is 13.8 Å². The predicted molar refractivity (Wildman–Crippen MR) is 119 cm³/mol. The minimum absolute atomic E-state index is 0.00471. The van der Waals surface area contributed by atoms with Crippen molar-refractivity contribution in [2.75, 3.05) is 20.8 Å². The number of carbonyl (C=O) groups excluding carboxylic acids is 1. The van der Waals surface area contributed by atoms with Gasteiger partial charge in [-0.25, -0.2) is 4.39 Å². The van der Waals surface area contributed by atoms with Crippen molar-refractivity contribution in [3.63, 3.8) is 0 Å². The fourth-order valence-electron chi connectivity index (χ4n) is 3.75. The van der Waals surface area contributed by atoms with Gasteiger partial charge in [0.05, 0.1) is 20.3 Å². The zero-order valence-corrected chi connectivity index (χ0v) is 19.0. The van der Waals surface area contributed by atoms with E-state index in [0.717, 1.165) is 10.5 Å². The molecule has 0 radical (unpaired) electrons. The Morgan fingerprint density at radius 2 is 1.84 bits per heavy atom. The van der Waals surface area contributed by atoms with Crippen LogP contribution in [0.4, 0.5) is 4.39 Å². The van der Waals surface area contributed by atoms with E-state index in [-0.39, 0.29) is 34.8 Å². The Morgan fingerprint density at radius 1 is 1.23 bits per heavy atom. The van der Waals surface area contributed by atoms with Crippen LogP contribution in [0.15, 0.2) is 41.3 Å². The minimum Gasteiger partial charge on any atom is -0.502 e. The molecule has 0 unspecified atom stereocenters. The van der Waals surface area contributed by atoms with Crippen molar-refractivity contribution in [2.45, 2.75) is 49.0 Å². The van der Waals surface area contributed by atoms with Crippen LogP contribution in [-0.4, -0.2) is 54.0 Å². The second kappa shape index (κ2) is 10.2. The number of methoxy groups -OCH3 is 2. The van der Waals surface area contributed by atoms with Gasteiger partial charge < -0.3 is 19.9 Å². The third-order valence-electron chi connectivity index (χ3n) is 5.14. The Balaban J connectivity index is 1.81. The van der Waals surface area contributed by atoms with Crippen LogP contribution in [0.3, 0.4) is 0 Å². The van der Waals surface area contributed by atoms with Gasteiger partial charge in [-0.2, -0.15) is 0 Å². The zero-order chi connectivity index (χ0) is 22.5. The molecule has 2 N–H and O–H groups in total. The van der Waals surface area contributed by atoms with Crippen LogP contribution in [-0.2, 0) is 11.3 Å². The number of phenols is 1. The van der Waals surface area contributed by atoms with Gasteiger partial charge in [-0.3, -0.25) is 9.69 Å². The molecule has 3 rings (SSSR count). The molecule has 2 atom stereocenters. The first-order valence-corrected chi connectivity index (χ1v) is 11.1. The number of benzene rings is 2. The zero-order valence-electron chi connectivity index (χ0n) is 18.2. The molecule has 0 aliphatic carbocycles. The van der Waals surface area contributed by atoms with E-state index in [2.05, 4.69) is 10.2 Å². The summed E-state index contributed by atoms with van der Waals surface area (Å²) in [5, 5.41) is 13.4. The van der Waals surface area contributed by atoms with Crippen LogP contribution in [0, 0.1) is 5.82 Å². The summed E-state index contributed by atoms with van der Waals surface area (Å²) in [5.41, 5.74) is 0.876. The molecule has 2 aromatic carbocycles. The third kappa shape index (κ3) is 5.83. The summed E-state index contributed by atoms with van der Waals surface area (Å²) in [4.78, 5) is 16.0. The Bertz CT molecular complexity index is 882. The van der Waals surface area contributed by atoms with Crippen LogP contribution >= 0.6 is 11.8 Å². The Kier molecular flexibility index (Phi) is 7.67. The molecule has 1 heterocycles. The number of aromatic hydroxyl groups is 1. The highest BCUT2D eigenvalue weighted by Gasteiger charge is 2.37. The summed E-state index contributed by atoms with van der Waals surface area (Å²) in [6, 6.07) is 9.72. The number of phenolic OH excluding ortho intramolecular Hbond substituents is 1. The van der Waals surface area contributed by atoms with Gasteiger partial charge in [0.1, 0.15) is 5.82 Å². The normalized spacial score (nSPS) is 18.9. The van der Waals surface area contributed by atoms with Gasteiger partial charge in [0, 0.05) is 29.3 Å². The lowest BCUT2D eigenvalue weighted by Gasteiger charge is -2.25. The highest BCUT2D eigenvalue weighted by atomic mass is 32.2. The van der Waals surface area contributed by atoms with Crippen LogP contribution in [0.2, 0.25) is 0 Å². The number of rotatable bonds is 8. The van der Waals surface area contributed by atoms with Gasteiger partial charge in [0.15, 0.2) is 11.5 Å². The van der Waals surface area contributed by atoms with Crippen molar-refractivity contribution in [3.8, 4) is 17.2 Å². The van der Waals surface area contributed by atoms with Crippen molar-refractivity contribution >= 4 is 17.7 Å². The largest absolute Gasteiger partial charge is 0.502 e. The number of amides is 1. The van der Waals surface area contributed by atoms with Gasteiger partial charge in [0.25, 0.3) is 0 Å². The molecule has 168 valence electrons. The number of hydrogen-bond donors (Lipinski definition) is 2. The molecule has 0 saturated carbocycles. The molecule has 2 aromatic rings. The quantitative estimate of drug-likeness (QED) is 0.640. The first-order valence-electron chi connectivity index (χ1n) is 10.2. The molecular formula is C23H29FN2O4S. The smallest absolute Gasteiger partial charge is 0.237 e. The summed E-state index contributed by atoms with van der Waals surface area (Å²) in [5.74, 6) is 0.341. The van der Waals surface area contributed by atoms with Gasteiger partial charge in [-0.15, -0.1) is 11.8 Å². The maximum absolute atomic E-state index is 13.2. The van der Waals surface area contributed by atoms with Crippen molar-refractivity contribution in [1.29, 1.82) is 0 Å². The number of carbonyl (C=O) groups is 1. The molecule has 0 aromatic heterocycles. The molecule has 1 fully saturated rings. The number of likely N-dealkylation sites (tertiary alicyclic amines) is 1. The molecule has 1 aliphatic rings. The van der Waals surface area contributed by atoms with Crippen LogP contribution in [0.1, 0.15) is 25.8 Å². The molecule has 1 saturated heterocycles. The fraction of sp³-hybridized carbons (Fsp3) is 0.435. The molecule has 6 nitrogen and oxygen atoms in total. The minimum atomic E-state index is -0.286. The summed E-state index contributed by atoms with van der Waals surface area (Å²) in [6.45, 7) is 5.09. The Labute approximate surface area is 186 Å². The fourth-order valence-corrected chi connectivity index (χ4v) is 4.98. The number of nitrogens with one attached hydrogen (secondary N) is 1. The lowest BCUT2D eigenvalue weighted by atomic mass is 10.1. The first-order chi connectivity index (χ1) is 14.8. The van der Waals surface area contributed by atoms with E-state index >= 15 is 0 Å². The molecule has 1 aliphatic heterocycles. The number of halogens is 1. The van der Waals surface area contributed by atoms with E-state index < -0.39 is 0 Å². The maximum Gasteiger partial charge on any atom is 0.237 e. The van der Waals surface area contributed by atoms with Crippen LogP contribution < -0.4 is 14.8 Å². The molecule has 0 spiro atoms. The maximum atomic E-state index is 13.2. The topological polar surface area (TPSA) is 71.0 Å². The van der Waals surface area contributed by atoms with E-state index in [0.29, 0.717) is 31.0 Å². The Morgan fingerprint density at radius 3 is 2.39 bits per heavy atom. The molecule has 1 amide bonds. The average molecular weight is 449 g/mol. The number of nitrogens with zero attached hydrogens (tertiary/aromatic N) is 1. The highest BCUT2D eigenvalue weighted by Crippen LogP contribution is 2.39. The number of hydrogen-bond acceptors (Lipinski definition) is 6. The summed E-state index contributed by atoms with van der Waals surface area (Å²) >= 11 is 1.65. The number of ether oxygens (including phenoxy) is 2. The monoisotopic (exact) mass is 448 g/mol. The highest BCUT2D eigenvalue weighted by molar-refractivity contribution is 8.00. The van der Waals surface area contributed by atoms with Crippen molar-refractivity contribution < 1.29 is 23.8 Å². The Hall–Kier alpha value is -2.45. The van der Waals surface area contributed by atoms with Gasteiger partial charge in [0.2, 0.25) is 11.7 Å². The van der Waals surface area contributed by atoms with Crippen molar-refractivity contribution in [2.24, 2.45) is 0 Å². The van der Waals surface area contributed by atoms with E-state index in [4.69, 9.17) is 9.47 Å². The second-order valence-corrected chi connectivity index (χ2v) is 9.26. The van der Waals surface area contributed by atoms with Crippen molar-refractivity contribution in [1.82, 2.24) is 10.2 Å². The predicted octanol–water partition coefficient (Wildman–Crippen LogP) is 3.81. The van der Waals surface area contributed by atoms with Crippen LogP contribution in [0.25, 0.3) is 0 Å². The number of thioether (sulfide) groups is 1. The molecule has 0 bridgehead atoms. The summed E-state index contributed by atoms with van der Waals surface area (Å²) < 4.78 is 23.8. The summed E-state index contributed by atoms with van der Waals surface area (Å²) in [6.07, 6.45) is 0.687. The second-order valence-electron chi connectivity index (χ2n) is 7.89. The third-order valence-corrected chi connectivity index (χ3v) is 6.36. The van der Waals surface area contributed by atoms with Gasteiger partial charge >= 0.3 is 0 Å². The molecule has 8 heteroatoms. The average Bonchev–Trinajstić information content (AvgIpc) is 3.12. The SMILES string of the molecule is COc1cc(CN2C[C@H](Sc3ccc(F)cc3)C[C@H]2C(=O)NC(C)C)cc(OC)c1O. The lowest BCUT2D eigenvalue weighted by molar-refractivity contribution is -0.126. The summed E-state index contributed by atoms with van der Waals surface area (Å²) in [7, 11) is 2.98. The van der Waals surface area contributed by atoms with E-state index in [1.54, 1.807) is 36.0 Å². The molecule has 31 heavy (non-hydrogen) atoms. The molecular weight excluding hydrogens is 419 g/mol. The standard InChI is InChI=1S/C23H29FN2O4S/c1-14(2)25-23(28)19-11-18(31-17-7-5-16(24)6-8-17)13-26(19)12-15-9-20(29-3)22(27)21(10-15)30-4/h5-10,14,18-19,27H,11-13H2,1-4H3,(H,25,28)/t18-,19+/m1/s1. The van der Waals surface area contributed by atoms with E-state index in [9.17, 15) is 14.3 Å². The van der Waals surface area contributed by atoms with Gasteiger partial charge in [-0.05, 0) is 62.2 Å². The van der Waals surface area contributed by atoms with Crippen LogP contribution in [0.5, 0.6) is 17.2 Å². The lowest BCUT2D eigenvalue weighted by Crippen LogP contribution is -2.45. The van der Waals surface area contributed by atoms with Gasteiger partial charge in [-0.1, -0.05) is 0 Å². The van der Waals surface area contributed by atoms with Crippen molar-refractivity contribution in [3.05, 3.63) is 47.8 Å². The first kappa shape index (κ1) is 23.2.